The minimum Gasteiger partial charge on any atom is -0.409 e. The molecule has 2 rings (SSSR count). The maximum atomic E-state index is 13.1. The molecule has 0 unspecified atom stereocenters. The molecule has 0 heterocycles. The van der Waals surface area contributed by atoms with Crippen LogP contribution in [0.15, 0.2) is 57.4 Å². The minimum absolute atomic E-state index is 0.0832. The van der Waals surface area contributed by atoms with E-state index in [2.05, 4.69) is 5.16 Å². The second-order valence-corrected chi connectivity index (χ2v) is 5.17. The van der Waals surface area contributed by atoms with Crippen LogP contribution < -0.4 is 5.73 Å². The Morgan fingerprint density at radius 3 is 2.58 bits per heavy atom. The molecule has 2 aromatic rings. The molecule has 0 aliphatic heterocycles. The molecule has 3 nitrogen and oxygen atoms in total. The third kappa shape index (κ3) is 3.26. The van der Waals surface area contributed by atoms with Gasteiger partial charge in [0.05, 0.1) is 0 Å². The predicted molar refractivity (Wildman–Crippen MR) is 74.2 cm³/mol. The van der Waals surface area contributed by atoms with Gasteiger partial charge >= 0.3 is 0 Å². The van der Waals surface area contributed by atoms with Crippen molar-refractivity contribution in [3.8, 4) is 0 Å². The van der Waals surface area contributed by atoms with Gasteiger partial charge in [0.1, 0.15) is 5.82 Å². The summed E-state index contributed by atoms with van der Waals surface area (Å²) in [4.78, 5) is 1.80. The van der Waals surface area contributed by atoms with Crippen molar-refractivity contribution in [2.45, 2.75) is 16.7 Å². The predicted octanol–water partition coefficient (Wildman–Crippen LogP) is 3.38. The largest absolute Gasteiger partial charge is 0.409 e. The Balaban J connectivity index is 2.26. The van der Waals surface area contributed by atoms with Gasteiger partial charge in [0.25, 0.3) is 0 Å². The van der Waals surface area contributed by atoms with E-state index in [1.807, 2.05) is 25.1 Å². The quantitative estimate of drug-likeness (QED) is 0.391. The second-order valence-electron chi connectivity index (χ2n) is 4.02. The lowest BCUT2D eigenvalue weighted by Gasteiger charge is -2.07. The van der Waals surface area contributed by atoms with Gasteiger partial charge in [0.15, 0.2) is 5.84 Å². The van der Waals surface area contributed by atoms with Gasteiger partial charge < -0.3 is 10.9 Å². The van der Waals surface area contributed by atoms with Crippen LogP contribution >= 0.6 is 11.8 Å². The third-order valence-electron chi connectivity index (χ3n) is 2.61. The summed E-state index contributed by atoms with van der Waals surface area (Å²) in [6, 6.07) is 12.0. The Hall–Kier alpha value is -2.01. The summed E-state index contributed by atoms with van der Waals surface area (Å²) in [7, 11) is 0. The maximum Gasteiger partial charge on any atom is 0.170 e. The third-order valence-corrected chi connectivity index (χ3v) is 3.59. The van der Waals surface area contributed by atoms with Gasteiger partial charge in [-0.25, -0.2) is 4.39 Å². The number of nitrogens with two attached hydrogens (primary N) is 1. The van der Waals surface area contributed by atoms with Crippen LogP contribution in [0.3, 0.4) is 0 Å². The van der Waals surface area contributed by atoms with Crippen molar-refractivity contribution in [3.63, 3.8) is 0 Å². The first-order valence-corrected chi connectivity index (χ1v) is 6.44. The Morgan fingerprint density at radius 1 is 1.21 bits per heavy atom. The zero-order valence-corrected chi connectivity index (χ0v) is 11.1. The van der Waals surface area contributed by atoms with Crippen molar-refractivity contribution >= 4 is 17.6 Å². The number of benzene rings is 2. The van der Waals surface area contributed by atoms with E-state index in [0.717, 1.165) is 15.4 Å². The highest BCUT2D eigenvalue weighted by Crippen LogP contribution is 2.29. The molecule has 0 atom stereocenters. The topological polar surface area (TPSA) is 58.6 Å². The summed E-state index contributed by atoms with van der Waals surface area (Å²) in [5, 5.41) is 11.6. The molecular formula is C14H13FN2OS. The van der Waals surface area contributed by atoms with Crippen molar-refractivity contribution < 1.29 is 9.60 Å². The highest BCUT2D eigenvalue weighted by Gasteiger charge is 2.06. The van der Waals surface area contributed by atoms with Crippen molar-refractivity contribution in [1.82, 2.24) is 0 Å². The molecule has 0 spiro atoms. The van der Waals surface area contributed by atoms with E-state index in [4.69, 9.17) is 10.9 Å². The Kier molecular flexibility index (Phi) is 4.06. The molecule has 0 bridgehead atoms. The summed E-state index contributed by atoms with van der Waals surface area (Å²) < 4.78 is 13.1. The lowest BCUT2D eigenvalue weighted by atomic mass is 10.1. The first-order valence-electron chi connectivity index (χ1n) is 5.62. The van der Waals surface area contributed by atoms with Crippen molar-refractivity contribution in [2.24, 2.45) is 10.9 Å². The van der Waals surface area contributed by atoms with Crippen LogP contribution in [0.2, 0.25) is 0 Å². The van der Waals surface area contributed by atoms with E-state index in [1.54, 1.807) is 12.1 Å². The molecule has 0 aromatic heterocycles. The number of oxime groups is 1. The van der Waals surface area contributed by atoms with Crippen LogP contribution in [0, 0.1) is 12.7 Å². The molecule has 0 radical (unpaired) electrons. The fourth-order valence-electron chi connectivity index (χ4n) is 1.71. The molecular weight excluding hydrogens is 263 g/mol. The van der Waals surface area contributed by atoms with Crippen LogP contribution in [0.4, 0.5) is 4.39 Å². The number of nitrogens with zero attached hydrogens (tertiary/aromatic N) is 1. The highest BCUT2D eigenvalue weighted by molar-refractivity contribution is 7.99. The SMILES string of the molecule is Cc1cc(Sc2cccc(F)c2)ccc1/C(N)=N/O. The van der Waals surface area contributed by atoms with Crippen LogP contribution in [-0.2, 0) is 0 Å². The molecule has 19 heavy (non-hydrogen) atoms. The Labute approximate surface area is 114 Å². The maximum absolute atomic E-state index is 13.1. The number of amidine groups is 1. The summed E-state index contributed by atoms with van der Waals surface area (Å²) in [6.07, 6.45) is 0. The van der Waals surface area contributed by atoms with Gasteiger partial charge in [0.2, 0.25) is 0 Å². The zero-order chi connectivity index (χ0) is 13.8. The van der Waals surface area contributed by atoms with E-state index in [-0.39, 0.29) is 11.7 Å². The van der Waals surface area contributed by atoms with Gasteiger partial charge in [-0.1, -0.05) is 23.0 Å². The molecule has 98 valence electrons. The summed E-state index contributed by atoms with van der Waals surface area (Å²) >= 11 is 1.46. The Bertz CT molecular complexity index is 629. The van der Waals surface area contributed by atoms with Gasteiger partial charge in [-0.2, -0.15) is 0 Å². The van der Waals surface area contributed by atoms with Crippen molar-refractivity contribution in [3.05, 3.63) is 59.4 Å². The summed E-state index contributed by atoms with van der Waals surface area (Å²) in [5.74, 6) is -0.171. The lowest BCUT2D eigenvalue weighted by Crippen LogP contribution is -2.14. The molecule has 0 saturated carbocycles. The van der Waals surface area contributed by atoms with Crippen molar-refractivity contribution in [1.29, 1.82) is 0 Å². The molecule has 2 aromatic carbocycles. The lowest BCUT2D eigenvalue weighted by molar-refractivity contribution is 0.318. The average molecular weight is 276 g/mol. The fraction of sp³-hybridized carbons (Fsp3) is 0.0714. The normalized spacial score (nSPS) is 11.6. The van der Waals surface area contributed by atoms with Crippen LogP contribution in [0.1, 0.15) is 11.1 Å². The molecule has 0 aliphatic carbocycles. The number of hydrogen-bond acceptors (Lipinski definition) is 3. The molecule has 0 aliphatic rings. The highest BCUT2D eigenvalue weighted by atomic mass is 32.2. The number of hydrogen-bond donors (Lipinski definition) is 2. The van der Waals surface area contributed by atoms with Crippen LogP contribution in [0.25, 0.3) is 0 Å². The number of halogens is 1. The molecule has 0 fully saturated rings. The van der Waals surface area contributed by atoms with Gasteiger partial charge in [-0.3, -0.25) is 0 Å². The molecule has 0 saturated heterocycles. The van der Waals surface area contributed by atoms with E-state index in [1.165, 1.54) is 23.9 Å². The standard InChI is InChI=1S/C14H13FN2OS/c1-9-7-12(5-6-13(9)14(16)17-18)19-11-4-2-3-10(15)8-11/h2-8,18H,1H3,(H2,16,17). The molecule has 5 heteroatoms. The average Bonchev–Trinajstić information content (AvgIpc) is 2.38. The van der Waals surface area contributed by atoms with E-state index in [9.17, 15) is 4.39 Å². The second kappa shape index (κ2) is 5.75. The smallest absolute Gasteiger partial charge is 0.170 e. The van der Waals surface area contributed by atoms with Gasteiger partial charge in [0, 0.05) is 15.4 Å². The zero-order valence-electron chi connectivity index (χ0n) is 10.3. The van der Waals surface area contributed by atoms with Crippen LogP contribution in [-0.4, -0.2) is 11.0 Å². The monoisotopic (exact) mass is 276 g/mol. The van der Waals surface area contributed by atoms with Crippen molar-refractivity contribution in [2.75, 3.05) is 0 Å². The number of rotatable bonds is 3. The first-order chi connectivity index (χ1) is 9.10. The van der Waals surface area contributed by atoms with E-state index in [0.29, 0.717) is 5.56 Å². The summed E-state index contributed by atoms with van der Waals surface area (Å²) in [6.45, 7) is 1.88. The molecule has 3 N–H and O–H groups in total. The molecule has 0 amide bonds. The fourth-order valence-corrected chi connectivity index (χ4v) is 2.67. The first kappa shape index (κ1) is 13.4. The minimum atomic E-state index is -0.255. The van der Waals surface area contributed by atoms with Gasteiger partial charge in [-0.05, 0) is 48.9 Å². The van der Waals surface area contributed by atoms with E-state index < -0.39 is 0 Å². The Morgan fingerprint density at radius 2 is 1.95 bits per heavy atom. The van der Waals surface area contributed by atoms with Gasteiger partial charge in [-0.15, -0.1) is 0 Å². The number of aryl methyl sites for hydroxylation is 1. The van der Waals surface area contributed by atoms with E-state index >= 15 is 0 Å². The summed E-state index contributed by atoms with van der Waals surface area (Å²) in [5.41, 5.74) is 7.15. The van der Waals surface area contributed by atoms with Crippen LogP contribution in [0.5, 0.6) is 0 Å².